The smallest absolute Gasteiger partial charge is 0.241 e. The number of anilines is 1. The van der Waals surface area contributed by atoms with Gasteiger partial charge in [0.25, 0.3) is 0 Å². The van der Waals surface area contributed by atoms with Gasteiger partial charge in [-0.2, -0.15) is 0 Å². The average Bonchev–Trinajstić information content (AvgIpc) is 2.89. The SMILES string of the molecule is COc1cc2nccc(Cc3ccc(NC(=O)C(C(C)C)N(C)CC4=CCCC=C4)cc3)c2cc1OC. The standard InChI is InChI=1S/C31H37N3O3/c1-21(2)30(34(3)20-23-9-7-6-8-10-23)31(35)33-25-13-11-22(12-14-25)17-24-15-16-32-27-19-29(37-5)28(36-4)18-26(24)27/h7,9-16,18-19,21,30H,6,8,17,20H2,1-5H3,(H,33,35). The second kappa shape index (κ2) is 12.1. The summed E-state index contributed by atoms with van der Waals surface area (Å²) in [5.74, 6) is 1.56. The van der Waals surface area contributed by atoms with E-state index in [2.05, 4.69) is 59.4 Å². The van der Waals surface area contributed by atoms with Crippen LogP contribution in [0.4, 0.5) is 5.69 Å². The highest BCUT2D eigenvalue weighted by atomic mass is 16.5. The fourth-order valence-corrected chi connectivity index (χ4v) is 5.01. The van der Waals surface area contributed by atoms with E-state index in [1.807, 2.05) is 43.6 Å². The van der Waals surface area contributed by atoms with Gasteiger partial charge in [-0.1, -0.05) is 44.2 Å². The molecule has 2 aromatic carbocycles. The molecule has 1 aliphatic carbocycles. The average molecular weight is 500 g/mol. The first kappa shape index (κ1) is 26.4. The minimum atomic E-state index is -0.217. The summed E-state index contributed by atoms with van der Waals surface area (Å²) in [5.41, 5.74) is 5.23. The second-order valence-corrected chi connectivity index (χ2v) is 9.92. The van der Waals surface area contributed by atoms with Gasteiger partial charge in [0, 0.05) is 29.9 Å². The lowest BCUT2D eigenvalue weighted by Gasteiger charge is -2.30. The first-order valence-electron chi connectivity index (χ1n) is 12.8. The Balaban J connectivity index is 1.46. The molecule has 37 heavy (non-hydrogen) atoms. The van der Waals surface area contributed by atoms with Crippen molar-refractivity contribution in [3.05, 3.63) is 83.6 Å². The van der Waals surface area contributed by atoms with Crippen LogP contribution in [0.15, 0.2) is 72.5 Å². The predicted octanol–water partition coefficient (Wildman–Crippen LogP) is 6.01. The Kier molecular flexibility index (Phi) is 8.62. The van der Waals surface area contributed by atoms with Crippen LogP contribution in [0, 0.1) is 5.92 Å². The molecule has 4 rings (SSSR count). The lowest BCUT2D eigenvalue weighted by Crippen LogP contribution is -2.46. The van der Waals surface area contributed by atoms with Gasteiger partial charge < -0.3 is 14.8 Å². The number of pyridine rings is 1. The van der Waals surface area contributed by atoms with Crippen molar-refractivity contribution in [2.24, 2.45) is 5.92 Å². The molecule has 0 fully saturated rings. The molecule has 1 atom stereocenters. The van der Waals surface area contributed by atoms with Crippen molar-refractivity contribution < 1.29 is 14.3 Å². The number of allylic oxidation sites excluding steroid dienone is 2. The van der Waals surface area contributed by atoms with Crippen molar-refractivity contribution in [3.63, 3.8) is 0 Å². The Labute approximate surface area is 220 Å². The van der Waals surface area contributed by atoms with Crippen LogP contribution in [-0.4, -0.2) is 49.6 Å². The Morgan fingerprint density at radius 2 is 1.78 bits per heavy atom. The van der Waals surface area contributed by atoms with E-state index in [9.17, 15) is 4.79 Å². The zero-order chi connectivity index (χ0) is 26.4. The predicted molar refractivity (Wildman–Crippen MR) is 150 cm³/mol. The van der Waals surface area contributed by atoms with Gasteiger partial charge >= 0.3 is 0 Å². The van der Waals surface area contributed by atoms with Crippen LogP contribution < -0.4 is 14.8 Å². The van der Waals surface area contributed by atoms with E-state index < -0.39 is 0 Å². The minimum Gasteiger partial charge on any atom is -0.493 e. The van der Waals surface area contributed by atoms with E-state index in [4.69, 9.17) is 9.47 Å². The van der Waals surface area contributed by atoms with Crippen molar-refractivity contribution in [2.45, 2.75) is 39.2 Å². The van der Waals surface area contributed by atoms with Crippen molar-refractivity contribution >= 4 is 22.5 Å². The van der Waals surface area contributed by atoms with E-state index in [1.165, 1.54) is 5.57 Å². The molecule has 0 spiro atoms. The zero-order valence-corrected chi connectivity index (χ0v) is 22.5. The maximum absolute atomic E-state index is 13.3. The second-order valence-electron chi connectivity index (χ2n) is 9.92. The summed E-state index contributed by atoms with van der Waals surface area (Å²) in [7, 11) is 5.29. The molecule has 6 nitrogen and oxygen atoms in total. The third-order valence-corrected chi connectivity index (χ3v) is 6.83. The fraction of sp³-hybridized carbons (Fsp3) is 0.355. The lowest BCUT2D eigenvalue weighted by atomic mass is 9.99. The largest absolute Gasteiger partial charge is 0.493 e. The highest BCUT2D eigenvalue weighted by molar-refractivity contribution is 5.95. The number of carbonyl (C=O) groups excluding carboxylic acids is 1. The maximum atomic E-state index is 13.3. The van der Waals surface area contributed by atoms with E-state index in [1.54, 1.807) is 14.2 Å². The quantitative estimate of drug-likeness (QED) is 0.370. The number of hydrogen-bond acceptors (Lipinski definition) is 5. The summed E-state index contributed by atoms with van der Waals surface area (Å²) in [6, 6.07) is 13.8. The number of ether oxygens (including phenoxy) is 2. The zero-order valence-electron chi connectivity index (χ0n) is 22.5. The molecule has 1 N–H and O–H groups in total. The molecule has 194 valence electrons. The van der Waals surface area contributed by atoms with Gasteiger partial charge in [-0.3, -0.25) is 14.7 Å². The van der Waals surface area contributed by atoms with Gasteiger partial charge in [0.15, 0.2) is 11.5 Å². The van der Waals surface area contributed by atoms with Crippen LogP contribution in [0.5, 0.6) is 11.5 Å². The Morgan fingerprint density at radius 1 is 1.05 bits per heavy atom. The Hall–Kier alpha value is -3.64. The summed E-state index contributed by atoms with van der Waals surface area (Å²) >= 11 is 0. The molecular formula is C31H37N3O3. The summed E-state index contributed by atoms with van der Waals surface area (Å²) in [6.45, 7) is 4.96. The van der Waals surface area contributed by atoms with Gasteiger partial charge in [0.05, 0.1) is 25.8 Å². The summed E-state index contributed by atoms with van der Waals surface area (Å²) < 4.78 is 10.9. The molecule has 0 saturated heterocycles. The number of benzene rings is 2. The number of aromatic nitrogens is 1. The van der Waals surface area contributed by atoms with Gasteiger partial charge in [-0.15, -0.1) is 0 Å². The minimum absolute atomic E-state index is 0.0202. The Morgan fingerprint density at radius 3 is 2.43 bits per heavy atom. The highest BCUT2D eigenvalue weighted by Gasteiger charge is 2.27. The molecule has 6 heteroatoms. The van der Waals surface area contributed by atoms with E-state index in [-0.39, 0.29) is 17.9 Å². The molecule has 0 saturated carbocycles. The molecule has 1 aliphatic rings. The van der Waals surface area contributed by atoms with Gasteiger partial charge in [0.1, 0.15) is 0 Å². The number of amides is 1. The number of hydrogen-bond donors (Lipinski definition) is 1. The number of carbonyl (C=O) groups is 1. The van der Waals surface area contributed by atoms with Crippen molar-refractivity contribution in [1.29, 1.82) is 0 Å². The molecule has 1 aromatic heterocycles. The summed E-state index contributed by atoms with van der Waals surface area (Å²) in [4.78, 5) is 19.9. The van der Waals surface area contributed by atoms with Gasteiger partial charge in [-0.25, -0.2) is 0 Å². The molecule has 0 radical (unpaired) electrons. The highest BCUT2D eigenvalue weighted by Crippen LogP contribution is 2.33. The fourth-order valence-electron chi connectivity index (χ4n) is 5.01. The normalized spacial score (nSPS) is 14.1. The van der Waals surface area contributed by atoms with E-state index in [0.29, 0.717) is 11.5 Å². The van der Waals surface area contributed by atoms with Crippen LogP contribution in [0.25, 0.3) is 10.9 Å². The first-order chi connectivity index (χ1) is 17.9. The van der Waals surface area contributed by atoms with Crippen LogP contribution in [0.1, 0.15) is 37.8 Å². The first-order valence-corrected chi connectivity index (χ1v) is 12.8. The van der Waals surface area contributed by atoms with Crippen LogP contribution in [0.3, 0.4) is 0 Å². The van der Waals surface area contributed by atoms with Crippen LogP contribution in [0.2, 0.25) is 0 Å². The van der Waals surface area contributed by atoms with E-state index >= 15 is 0 Å². The van der Waals surface area contributed by atoms with Crippen molar-refractivity contribution in [3.8, 4) is 11.5 Å². The number of likely N-dealkylation sites (N-methyl/N-ethyl adjacent to an activating group) is 1. The number of rotatable bonds is 10. The molecule has 1 amide bonds. The van der Waals surface area contributed by atoms with Crippen molar-refractivity contribution in [1.82, 2.24) is 9.88 Å². The number of methoxy groups -OCH3 is 2. The van der Waals surface area contributed by atoms with Crippen molar-refractivity contribution in [2.75, 3.05) is 33.1 Å². The van der Waals surface area contributed by atoms with Gasteiger partial charge in [0.2, 0.25) is 5.91 Å². The summed E-state index contributed by atoms with van der Waals surface area (Å²) in [5, 5.41) is 4.16. The Bertz CT molecular complexity index is 1300. The molecule has 0 aliphatic heterocycles. The topological polar surface area (TPSA) is 63.7 Å². The maximum Gasteiger partial charge on any atom is 0.241 e. The van der Waals surface area contributed by atoms with Crippen LogP contribution >= 0.6 is 0 Å². The monoisotopic (exact) mass is 499 g/mol. The van der Waals surface area contributed by atoms with Gasteiger partial charge in [-0.05, 0) is 73.2 Å². The van der Waals surface area contributed by atoms with E-state index in [0.717, 1.165) is 53.5 Å². The molecule has 1 unspecified atom stereocenters. The third-order valence-electron chi connectivity index (χ3n) is 6.83. The lowest BCUT2D eigenvalue weighted by molar-refractivity contribution is -0.122. The molecule has 0 bridgehead atoms. The van der Waals surface area contributed by atoms with Crippen LogP contribution in [-0.2, 0) is 11.2 Å². The molecule has 3 aromatic rings. The number of fused-ring (bicyclic) bond motifs is 1. The molecule has 1 heterocycles. The number of nitrogens with one attached hydrogen (secondary N) is 1. The molecular weight excluding hydrogens is 462 g/mol. The summed E-state index contributed by atoms with van der Waals surface area (Å²) in [6.07, 6.45) is 11.4. The number of nitrogens with zero attached hydrogens (tertiary/aromatic N) is 2. The third kappa shape index (κ3) is 6.38.